The van der Waals surface area contributed by atoms with E-state index in [-0.39, 0.29) is 17.4 Å². The number of phenols is 1. The number of halogens is 1. The molecule has 4 nitrogen and oxygen atoms in total. The predicted octanol–water partition coefficient (Wildman–Crippen LogP) is 3.05. The first-order valence-corrected chi connectivity index (χ1v) is 7.57. The summed E-state index contributed by atoms with van der Waals surface area (Å²) in [5.74, 6) is -0.522. The lowest BCUT2D eigenvalue weighted by atomic mass is 10.1. The molecule has 122 valence electrons. The zero-order valence-corrected chi connectivity index (χ0v) is 13.0. The standard InChI is InChI=1S/C18H20FNO3/c1-2-16(23-17-10-6-4-8-14(17)19)18(22)20-12-11-13-7-3-5-9-15(13)21/h3-10,16,21H,2,11-12H2,1H3,(H,20,22)/t16-/m1/s1. The number of amides is 1. The maximum absolute atomic E-state index is 13.6. The van der Waals surface area contributed by atoms with Gasteiger partial charge in [-0.1, -0.05) is 37.3 Å². The van der Waals surface area contributed by atoms with Gasteiger partial charge in [-0.05, 0) is 36.6 Å². The minimum Gasteiger partial charge on any atom is -0.508 e. The Hall–Kier alpha value is -2.56. The Labute approximate surface area is 134 Å². The van der Waals surface area contributed by atoms with Gasteiger partial charge in [0.2, 0.25) is 0 Å². The van der Waals surface area contributed by atoms with E-state index >= 15 is 0 Å². The second-order valence-corrected chi connectivity index (χ2v) is 5.11. The van der Waals surface area contributed by atoms with Crippen molar-refractivity contribution >= 4 is 5.91 Å². The number of nitrogens with one attached hydrogen (secondary N) is 1. The van der Waals surface area contributed by atoms with Crippen LogP contribution in [0.2, 0.25) is 0 Å². The second-order valence-electron chi connectivity index (χ2n) is 5.11. The third-order valence-electron chi connectivity index (χ3n) is 3.45. The highest BCUT2D eigenvalue weighted by molar-refractivity contribution is 5.81. The molecule has 2 aromatic rings. The summed E-state index contributed by atoms with van der Waals surface area (Å²) >= 11 is 0. The minimum atomic E-state index is -0.753. The number of para-hydroxylation sites is 2. The van der Waals surface area contributed by atoms with Gasteiger partial charge in [-0.2, -0.15) is 0 Å². The first kappa shape index (κ1) is 16.8. The maximum Gasteiger partial charge on any atom is 0.261 e. The van der Waals surface area contributed by atoms with E-state index in [4.69, 9.17) is 4.74 Å². The lowest BCUT2D eigenvalue weighted by Gasteiger charge is -2.17. The molecule has 0 saturated carbocycles. The van der Waals surface area contributed by atoms with Gasteiger partial charge >= 0.3 is 0 Å². The molecule has 0 radical (unpaired) electrons. The first-order chi connectivity index (χ1) is 11.1. The van der Waals surface area contributed by atoms with Crippen molar-refractivity contribution in [2.45, 2.75) is 25.9 Å². The summed E-state index contributed by atoms with van der Waals surface area (Å²) < 4.78 is 19.0. The fourth-order valence-corrected chi connectivity index (χ4v) is 2.17. The average molecular weight is 317 g/mol. The summed E-state index contributed by atoms with van der Waals surface area (Å²) in [7, 11) is 0. The van der Waals surface area contributed by atoms with Crippen LogP contribution in [-0.4, -0.2) is 23.7 Å². The summed E-state index contributed by atoms with van der Waals surface area (Å²) in [6.45, 7) is 2.17. The number of carbonyl (C=O) groups is 1. The molecular weight excluding hydrogens is 297 g/mol. The molecule has 2 aromatic carbocycles. The number of phenolic OH excluding ortho intramolecular Hbond substituents is 1. The Kier molecular flexibility index (Phi) is 5.97. The van der Waals surface area contributed by atoms with Gasteiger partial charge in [0.15, 0.2) is 17.7 Å². The van der Waals surface area contributed by atoms with Crippen LogP contribution in [0.3, 0.4) is 0 Å². The van der Waals surface area contributed by atoms with Crippen LogP contribution < -0.4 is 10.1 Å². The van der Waals surface area contributed by atoms with E-state index < -0.39 is 11.9 Å². The molecule has 2 N–H and O–H groups in total. The number of benzene rings is 2. The molecule has 23 heavy (non-hydrogen) atoms. The van der Waals surface area contributed by atoms with Crippen LogP contribution >= 0.6 is 0 Å². The molecular formula is C18H20FNO3. The van der Waals surface area contributed by atoms with Crippen molar-refractivity contribution in [1.29, 1.82) is 0 Å². The van der Waals surface area contributed by atoms with Gasteiger partial charge in [0.05, 0.1) is 0 Å². The summed E-state index contributed by atoms with van der Waals surface area (Å²) in [5, 5.41) is 12.4. The Morgan fingerprint density at radius 3 is 2.61 bits per heavy atom. The van der Waals surface area contributed by atoms with Gasteiger partial charge < -0.3 is 15.2 Å². The number of hydrogen-bond acceptors (Lipinski definition) is 3. The number of hydrogen-bond donors (Lipinski definition) is 2. The van der Waals surface area contributed by atoms with Gasteiger partial charge in [-0.15, -0.1) is 0 Å². The predicted molar refractivity (Wildman–Crippen MR) is 85.9 cm³/mol. The molecule has 5 heteroatoms. The highest BCUT2D eigenvalue weighted by atomic mass is 19.1. The molecule has 0 aliphatic rings. The van der Waals surface area contributed by atoms with Crippen LogP contribution in [0.15, 0.2) is 48.5 Å². The quantitative estimate of drug-likeness (QED) is 0.825. The highest BCUT2D eigenvalue weighted by Gasteiger charge is 2.19. The van der Waals surface area contributed by atoms with Gasteiger partial charge in [0.1, 0.15) is 5.75 Å². The van der Waals surface area contributed by atoms with E-state index in [1.807, 2.05) is 6.07 Å². The van der Waals surface area contributed by atoms with E-state index in [1.54, 1.807) is 37.3 Å². The zero-order chi connectivity index (χ0) is 16.7. The fraction of sp³-hybridized carbons (Fsp3) is 0.278. The average Bonchev–Trinajstić information content (AvgIpc) is 2.55. The van der Waals surface area contributed by atoms with Crippen molar-refractivity contribution in [3.8, 4) is 11.5 Å². The summed E-state index contributed by atoms with van der Waals surface area (Å²) in [6, 6.07) is 13.0. The zero-order valence-electron chi connectivity index (χ0n) is 13.0. The third-order valence-corrected chi connectivity index (χ3v) is 3.45. The van der Waals surface area contributed by atoms with Crippen molar-refractivity contribution in [2.24, 2.45) is 0 Å². The molecule has 0 fully saturated rings. The van der Waals surface area contributed by atoms with Crippen molar-refractivity contribution in [3.63, 3.8) is 0 Å². The maximum atomic E-state index is 13.6. The van der Waals surface area contributed by atoms with Crippen LogP contribution in [0.5, 0.6) is 11.5 Å². The number of aromatic hydroxyl groups is 1. The van der Waals surface area contributed by atoms with E-state index in [2.05, 4.69) is 5.32 Å². The van der Waals surface area contributed by atoms with Gasteiger partial charge in [-0.3, -0.25) is 4.79 Å². The normalized spacial score (nSPS) is 11.7. The number of rotatable bonds is 7. The Morgan fingerprint density at radius 2 is 1.91 bits per heavy atom. The van der Waals surface area contributed by atoms with Gasteiger partial charge in [0, 0.05) is 6.54 Å². The summed E-state index contributed by atoms with van der Waals surface area (Å²) in [4.78, 5) is 12.1. The Balaban J connectivity index is 1.88. The number of ether oxygens (including phenoxy) is 1. The molecule has 0 unspecified atom stereocenters. The molecule has 0 saturated heterocycles. The molecule has 0 heterocycles. The second kappa shape index (κ2) is 8.17. The van der Waals surface area contributed by atoms with Crippen LogP contribution in [0.25, 0.3) is 0 Å². The molecule has 0 aliphatic carbocycles. The van der Waals surface area contributed by atoms with Gasteiger partial charge in [0.25, 0.3) is 5.91 Å². The van der Waals surface area contributed by atoms with E-state index in [0.717, 1.165) is 5.56 Å². The summed E-state index contributed by atoms with van der Waals surface area (Å²) in [5.41, 5.74) is 0.760. The topological polar surface area (TPSA) is 58.6 Å². The molecule has 0 aliphatic heterocycles. The van der Waals surface area contributed by atoms with Crippen LogP contribution in [0.1, 0.15) is 18.9 Å². The molecule has 1 atom stereocenters. The van der Waals surface area contributed by atoms with Crippen molar-refractivity contribution in [3.05, 3.63) is 59.9 Å². The largest absolute Gasteiger partial charge is 0.508 e. The van der Waals surface area contributed by atoms with E-state index in [9.17, 15) is 14.3 Å². The SMILES string of the molecule is CC[C@@H](Oc1ccccc1F)C(=O)NCCc1ccccc1O. The minimum absolute atomic E-state index is 0.0650. The monoisotopic (exact) mass is 317 g/mol. The van der Waals surface area contributed by atoms with Crippen molar-refractivity contribution < 1.29 is 19.0 Å². The molecule has 0 spiro atoms. The molecule has 0 aromatic heterocycles. The van der Waals surface area contributed by atoms with Crippen LogP contribution in [0, 0.1) is 5.82 Å². The van der Waals surface area contributed by atoms with Crippen molar-refractivity contribution in [1.82, 2.24) is 5.32 Å². The molecule has 0 bridgehead atoms. The fourth-order valence-electron chi connectivity index (χ4n) is 2.17. The molecule has 2 rings (SSSR count). The Bertz CT molecular complexity index is 660. The van der Waals surface area contributed by atoms with Crippen molar-refractivity contribution in [2.75, 3.05) is 6.54 Å². The van der Waals surface area contributed by atoms with Gasteiger partial charge in [-0.25, -0.2) is 4.39 Å². The molecule has 1 amide bonds. The van der Waals surface area contributed by atoms with E-state index in [1.165, 1.54) is 12.1 Å². The summed E-state index contributed by atoms with van der Waals surface area (Å²) in [6.07, 6.45) is 0.182. The first-order valence-electron chi connectivity index (χ1n) is 7.57. The van der Waals surface area contributed by atoms with Crippen LogP contribution in [0.4, 0.5) is 4.39 Å². The van der Waals surface area contributed by atoms with E-state index in [0.29, 0.717) is 19.4 Å². The van der Waals surface area contributed by atoms with Crippen LogP contribution in [-0.2, 0) is 11.2 Å². The lowest BCUT2D eigenvalue weighted by Crippen LogP contribution is -2.39. The third kappa shape index (κ3) is 4.71. The highest BCUT2D eigenvalue weighted by Crippen LogP contribution is 2.18. The lowest BCUT2D eigenvalue weighted by molar-refractivity contribution is -0.128. The Morgan fingerprint density at radius 1 is 1.22 bits per heavy atom. The number of carbonyl (C=O) groups excluding carboxylic acids is 1. The smallest absolute Gasteiger partial charge is 0.261 e.